The minimum atomic E-state index is 0.463. The first kappa shape index (κ1) is 7.80. The molecule has 0 aromatic carbocycles. The van der Waals surface area contributed by atoms with Crippen molar-refractivity contribution in [2.45, 2.75) is 33.3 Å². The quantitative estimate of drug-likeness (QED) is 0.508. The van der Waals surface area contributed by atoms with Gasteiger partial charge in [0, 0.05) is 0 Å². The smallest absolute Gasteiger partial charge is 0.0654 e. The van der Waals surface area contributed by atoms with Crippen molar-refractivity contribution in [1.29, 1.82) is 0 Å². The highest BCUT2D eigenvalue weighted by Gasteiger charge is 2.16. The minimum absolute atomic E-state index is 0.463. The summed E-state index contributed by atoms with van der Waals surface area (Å²) in [6.07, 6.45) is 3.75. The van der Waals surface area contributed by atoms with Crippen LogP contribution < -0.4 is 0 Å². The summed E-state index contributed by atoms with van der Waals surface area (Å²) in [5.41, 5.74) is 1.48. The van der Waals surface area contributed by atoms with E-state index >= 15 is 0 Å². The Morgan fingerprint density at radius 1 is 1.60 bits per heavy atom. The normalized spacial score (nSPS) is 26.8. The maximum atomic E-state index is 5.53. The van der Waals surface area contributed by atoms with Gasteiger partial charge in [-0.2, -0.15) is 0 Å². The lowest BCUT2D eigenvalue weighted by Crippen LogP contribution is -2.23. The molecule has 0 spiro atoms. The second-order valence-corrected chi connectivity index (χ2v) is 3.37. The minimum Gasteiger partial charge on any atom is -0.374 e. The van der Waals surface area contributed by atoms with Gasteiger partial charge in [0.2, 0.25) is 0 Å². The Morgan fingerprint density at radius 3 is 2.70 bits per heavy atom. The molecule has 58 valence electrons. The molecule has 1 heteroatoms. The summed E-state index contributed by atoms with van der Waals surface area (Å²) in [5, 5.41) is 0. The fourth-order valence-electron chi connectivity index (χ4n) is 1.20. The lowest BCUT2D eigenvalue weighted by molar-refractivity contribution is 0.0317. The molecule has 1 unspecified atom stereocenters. The van der Waals surface area contributed by atoms with Gasteiger partial charge < -0.3 is 4.74 Å². The van der Waals surface area contributed by atoms with E-state index in [2.05, 4.69) is 26.8 Å². The largest absolute Gasteiger partial charge is 0.374 e. The number of rotatable bonds is 1. The third-order valence-corrected chi connectivity index (χ3v) is 2.01. The molecule has 0 N–H and O–H groups in total. The zero-order valence-corrected chi connectivity index (χ0v) is 7.05. The molecule has 0 aromatic rings. The van der Waals surface area contributed by atoms with E-state index < -0.39 is 0 Å². The predicted molar refractivity (Wildman–Crippen MR) is 43.0 cm³/mol. The summed E-state index contributed by atoms with van der Waals surface area (Å²) in [5.74, 6) is 0.656. The zero-order chi connectivity index (χ0) is 7.56. The molecule has 0 saturated heterocycles. The molecule has 0 fully saturated rings. The standard InChI is InChI=1S/C9H16O/c1-7(2)9-6-8(3)4-5-10-9/h4,7,9H,5-6H2,1-3H3. The van der Waals surface area contributed by atoms with Crippen LogP contribution in [0.5, 0.6) is 0 Å². The molecular formula is C9H16O. The third-order valence-electron chi connectivity index (χ3n) is 2.01. The molecule has 0 amide bonds. The Hall–Kier alpha value is -0.300. The Bertz CT molecular complexity index is 136. The van der Waals surface area contributed by atoms with Crippen molar-refractivity contribution in [2.24, 2.45) is 5.92 Å². The maximum absolute atomic E-state index is 5.53. The van der Waals surface area contributed by atoms with E-state index in [1.54, 1.807) is 0 Å². The van der Waals surface area contributed by atoms with Gasteiger partial charge in [0.1, 0.15) is 0 Å². The maximum Gasteiger partial charge on any atom is 0.0654 e. The van der Waals surface area contributed by atoms with E-state index in [9.17, 15) is 0 Å². The molecule has 1 aliphatic rings. The molecule has 1 atom stereocenters. The summed E-state index contributed by atoms with van der Waals surface area (Å²) in [6.45, 7) is 7.42. The van der Waals surface area contributed by atoms with Crippen LogP contribution in [0.1, 0.15) is 27.2 Å². The second-order valence-electron chi connectivity index (χ2n) is 3.37. The zero-order valence-electron chi connectivity index (χ0n) is 7.05. The van der Waals surface area contributed by atoms with Crippen molar-refractivity contribution in [1.82, 2.24) is 0 Å². The van der Waals surface area contributed by atoms with Crippen molar-refractivity contribution < 1.29 is 4.74 Å². The van der Waals surface area contributed by atoms with Crippen molar-refractivity contribution in [3.05, 3.63) is 11.6 Å². The first-order valence-corrected chi connectivity index (χ1v) is 3.97. The summed E-state index contributed by atoms with van der Waals surface area (Å²) in [6, 6.07) is 0. The molecule has 1 nitrogen and oxygen atoms in total. The highest BCUT2D eigenvalue weighted by atomic mass is 16.5. The van der Waals surface area contributed by atoms with Gasteiger partial charge in [-0.3, -0.25) is 0 Å². The fraction of sp³-hybridized carbons (Fsp3) is 0.778. The first-order chi connectivity index (χ1) is 4.70. The Labute approximate surface area is 63.1 Å². The van der Waals surface area contributed by atoms with Gasteiger partial charge in [-0.15, -0.1) is 0 Å². The van der Waals surface area contributed by atoms with Gasteiger partial charge in [0.05, 0.1) is 12.7 Å². The van der Waals surface area contributed by atoms with Crippen LogP contribution in [0.15, 0.2) is 11.6 Å². The van der Waals surface area contributed by atoms with E-state index in [1.165, 1.54) is 5.57 Å². The first-order valence-electron chi connectivity index (χ1n) is 3.97. The average molecular weight is 140 g/mol. The molecular weight excluding hydrogens is 124 g/mol. The van der Waals surface area contributed by atoms with Crippen molar-refractivity contribution in [3.63, 3.8) is 0 Å². The molecule has 1 heterocycles. The van der Waals surface area contributed by atoms with E-state index in [0.29, 0.717) is 12.0 Å². The average Bonchev–Trinajstić information content (AvgIpc) is 1.88. The van der Waals surface area contributed by atoms with Crippen LogP contribution in [-0.2, 0) is 4.74 Å². The molecule has 0 bridgehead atoms. The van der Waals surface area contributed by atoms with Crippen LogP contribution in [0.4, 0.5) is 0 Å². The van der Waals surface area contributed by atoms with Crippen molar-refractivity contribution in [3.8, 4) is 0 Å². The van der Waals surface area contributed by atoms with E-state index in [1.807, 2.05) is 0 Å². The van der Waals surface area contributed by atoms with Crippen LogP contribution in [-0.4, -0.2) is 12.7 Å². The summed E-state index contributed by atoms with van der Waals surface area (Å²) < 4.78 is 5.53. The van der Waals surface area contributed by atoms with Crippen LogP contribution in [0, 0.1) is 5.92 Å². The van der Waals surface area contributed by atoms with Gasteiger partial charge in [-0.1, -0.05) is 25.5 Å². The van der Waals surface area contributed by atoms with Crippen molar-refractivity contribution in [2.75, 3.05) is 6.61 Å². The lowest BCUT2D eigenvalue weighted by atomic mass is 9.98. The predicted octanol–water partition coefficient (Wildman–Crippen LogP) is 2.38. The molecule has 10 heavy (non-hydrogen) atoms. The SMILES string of the molecule is CC1=CCOC(C(C)C)C1. The fourth-order valence-corrected chi connectivity index (χ4v) is 1.20. The third kappa shape index (κ3) is 1.84. The van der Waals surface area contributed by atoms with Gasteiger partial charge in [0.15, 0.2) is 0 Å². The van der Waals surface area contributed by atoms with Crippen LogP contribution in [0.3, 0.4) is 0 Å². The number of hydrogen-bond donors (Lipinski definition) is 0. The highest BCUT2D eigenvalue weighted by Crippen LogP contribution is 2.19. The Morgan fingerprint density at radius 2 is 2.30 bits per heavy atom. The van der Waals surface area contributed by atoms with Gasteiger partial charge in [0.25, 0.3) is 0 Å². The monoisotopic (exact) mass is 140 g/mol. The topological polar surface area (TPSA) is 9.23 Å². The number of hydrogen-bond acceptors (Lipinski definition) is 1. The van der Waals surface area contributed by atoms with E-state index in [0.717, 1.165) is 13.0 Å². The summed E-state index contributed by atoms with van der Waals surface area (Å²) in [4.78, 5) is 0. The molecule has 0 aliphatic carbocycles. The van der Waals surface area contributed by atoms with Crippen LogP contribution in [0.25, 0.3) is 0 Å². The Kier molecular flexibility index (Phi) is 2.50. The summed E-state index contributed by atoms with van der Waals surface area (Å²) >= 11 is 0. The van der Waals surface area contributed by atoms with Gasteiger partial charge in [-0.05, 0) is 19.3 Å². The van der Waals surface area contributed by atoms with Gasteiger partial charge in [-0.25, -0.2) is 0 Å². The van der Waals surface area contributed by atoms with Crippen LogP contribution >= 0.6 is 0 Å². The van der Waals surface area contributed by atoms with Gasteiger partial charge >= 0.3 is 0 Å². The second kappa shape index (κ2) is 3.20. The Balaban J connectivity index is 2.45. The van der Waals surface area contributed by atoms with E-state index in [-0.39, 0.29) is 0 Å². The number of ether oxygens (including phenoxy) is 1. The molecule has 1 aliphatic heterocycles. The molecule has 0 radical (unpaired) electrons. The molecule has 1 rings (SSSR count). The molecule has 0 saturated carbocycles. The van der Waals surface area contributed by atoms with Crippen molar-refractivity contribution >= 4 is 0 Å². The molecule has 0 aromatic heterocycles. The van der Waals surface area contributed by atoms with Crippen LogP contribution in [0.2, 0.25) is 0 Å². The lowest BCUT2D eigenvalue weighted by Gasteiger charge is -2.24. The highest BCUT2D eigenvalue weighted by molar-refractivity contribution is 5.03. The van der Waals surface area contributed by atoms with E-state index in [4.69, 9.17) is 4.74 Å². The summed E-state index contributed by atoms with van der Waals surface area (Å²) in [7, 11) is 0.